The van der Waals surface area contributed by atoms with Gasteiger partial charge in [0.1, 0.15) is 5.60 Å². The molecule has 6 N–H and O–H groups in total. The molecule has 5 nitrogen and oxygen atoms in total. The second-order valence-electron chi connectivity index (χ2n) is 7.41. The zero-order valence-corrected chi connectivity index (χ0v) is 16.9. The van der Waals surface area contributed by atoms with Crippen molar-refractivity contribution >= 4 is 11.4 Å². The number of nitrogen functional groups attached to an aromatic ring is 2. The van der Waals surface area contributed by atoms with Gasteiger partial charge in [-0.3, -0.25) is 5.84 Å². The number of benzene rings is 2. The zero-order valence-electron chi connectivity index (χ0n) is 16.9. The monoisotopic (exact) mass is 380 g/mol. The largest absolute Gasteiger partial charge is 0.397 e. The highest BCUT2D eigenvalue weighted by Crippen LogP contribution is 2.50. The molecule has 0 bridgehead atoms. The van der Waals surface area contributed by atoms with Gasteiger partial charge in [0.05, 0.1) is 11.4 Å². The van der Waals surface area contributed by atoms with E-state index in [9.17, 15) is 0 Å². The topological polar surface area (TPSA) is 85.3 Å². The molecule has 2 aromatic rings. The summed E-state index contributed by atoms with van der Waals surface area (Å²) in [5.41, 5.74) is 13.5. The first-order valence-corrected chi connectivity index (χ1v) is 10.1. The average Bonchev–Trinajstić information content (AvgIpc) is 2.71. The molecular weight excluding hydrogens is 348 g/mol. The lowest BCUT2D eigenvalue weighted by Crippen LogP contribution is -2.43. The molecule has 28 heavy (non-hydrogen) atoms. The summed E-state index contributed by atoms with van der Waals surface area (Å²) in [5.74, 6) is 5.99. The third kappa shape index (κ3) is 3.86. The van der Waals surface area contributed by atoms with Crippen molar-refractivity contribution in [3.05, 3.63) is 71.4 Å². The van der Waals surface area contributed by atoms with Gasteiger partial charge in [0.25, 0.3) is 0 Å². The number of hydrogen-bond donors (Lipinski definition) is 4. The minimum atomic E-state index is -0.548. The van der Waals surface area contributed by atoms with Gasteiger partial charge in [0.2, 0.25) is 0 Å². The summed E-state index contributed by atoms with van der Waals surface area (Å²) in [6, 6.07) is 16.3. The standard InChI is InChI=1S/C23H32N4O/c1-3-28-23(20-13-8-14-21(27-25)22(20)24)17(2)9-7-12-19(23)16-26-15-18-10-5-4-6-11-18/h4-6,8,10-11,13-14,16-17,26-27H,3,7,9,12,15,24-25H2,1-2H3/b19-16-. The van der Waals surface area contributed by atoms with Crippen molar-refractivity contribution in [3.8, 4) is 0 Å². The molecule has 2 unspecified atom stereocenters. The van der Waals surface area contributed by atoms with Gasteiger partial charge in [-0.25, -0.2) is 0 Å². The van der Waals surface area contributed by atoms with Crippen LogP contribution in [-0.2, 0) is 16.9 Å². The SMILES string of the molecule is CCOC1(c2cccc(NN)c2N)/C(=C\NCc2ccccc2)CCCC1C. The van der Waals surface area contributed by atoms with Crippen LogP contribution in [0, 0.1) is 5.92 Å². The van der Waals surface area contributed by atoms with E-state index in [4.69, 9.17) is 16.3 Å². The van der Waals surface area contributed by atoms with Crippen LogP contribution in [0.5, 0.6) is 0 Å². The van der Waals surface area contributed by atoms with Gasteiger partial charge in [0.15, 0.2) is 0 Å². The number of nitrogens with one attached hydrogen (secondary N) is 2. The molecule has 2 aromatic carbocycles. The smallest absolute Gasteiger partial charge is 0.120 e. The molecule has 0 saturated heterocycles. The first kappa shape index (κ1) is 20.2. The van der Waals surface area contributed by atoms with Gasteiger partial charge in [0, 0.05) is 18.7 Å². The molecule has 1 saturated carbocycles. The van der Waals surface area contributed by atoms with Crippen LogP contribution >= 0.6 is 0 Å². The molecule has 1 fully saturated rings. The fourth-order valence-corrected chi connectivity index (χ4v) is 4.37. The van der Waals surface area contributed by atoms with E-state index in [1.807, 2.05) is 25.1 Å². The Labute approximate surface area is 168 Å². The van der Waals surface area contributed by atoms with Crippen molar-refractivity contribution in [2.24, 2.45) is 11.8 Å². The molecule has 0 aliphatic heterocycles. The average molecular weight is 381 g/mol. The summed E-state index contributed by atoms with van der Waals surface area (Å²) in [5, 5.41) is 3.50. The van der Waals surface area contributed by atoms with Crippen LogP contribution in [0.4, 0.5) is 11.4 Å². The molecule has 0 spiro atoms. The van der Waals surface area contributed by atoms with Crippen LogP contribution in [-0.4, -0.2) is 6.61 Å². The van der Waals surface area contributed by atoms with E-state index in [0.29, 0.717) is 18.2 Å². The maximum atomic E-state index is 6.51. The number of anilines is 2. The highest BCUT2D eigenvalue weighted by molar-refractivity contribution is 5.71. The van der Waals surface area contributed by atoms with Gasteiger partial charge in [-0.2, -0.15) is 0 Å². The lowest BCUT2D eigenvalue weighted by molar-refractivity contribution is -0.0680. The van der Waals surface area contributed by atoms with E-state index in [-0.39, 0.29) is 0 Å². The van der Waals surface area contributed by atoms with Gasteiger partial charge >= 0.3 is 0 Å². The second-order valence-corrected chi connectivity index (χ2v) is 7.41. The maximum Gasteiger partial charge on any atom is 0.120 e. The Morgan fingerprint density at radius 1 is 1.18 bits per heavy atom. The van der Waals surface area contributed by atoms with Crippen molar-refractivity contribution in [2.45, 2.75) is 45.3 Å². The Hall–Kier alpha value is -2.50. The highest BCUT2D eigenvalue weighted by Gasteiger charge is 2.45. The predicted octanol–water partition coefficient (Wildman–Crippen LogP) is 4.28. The first-order chi connectivity index (χ1) is 13.6. The van der Waals surface area contributed by atoms with Crippen LogP contribution in [0.1, 0.15) is 44.2 Å². The fraction of sp³-hybridized carbons (Fsp3) is 0.391. The molecule has 0 aromatic heterocycles. The van der Waals surface area contributed by atoms with Gasteiger partial charge < -0.3 is 21.2 Å². The quantitative estimate of drug-likeness (QED) is 0.327. The number of ether oxygens (including phenoxy) is 1. The highest BCUT2D eigenvalue weighted by atomic mass is 16.5. The Morgan fingerprint density at radius 3 is 2.68 bits per heavy atom. The molecule has 0 heterocycles. The van der Waals surface area contributed by atoms with E-state index in [2.05, 4.69) is 54.2 Å². The number of hydrogen-bond acceptors (Lipinski definition) is 5. The second kappa shape index (κ2) is 9.13. The number of nitrogens with two attached hydrogens (primary N) is 2. The lowest BCUT2D eigenvalue weighted by Gasteiger charge is -2.45. The van der Waals surface area contributed by atoms with E-state index < -0.39 is 5.60 Å². The molecule has 5 heteroatoms. The van der Waals surface area contributed by atoms with Crippen molar-refractivity contribution in [3.63, 3.8) is 0 Å². The summed E-state index contributed by atoms with van der Waals surface area (Å²) >= 11 is 0. The van der Waals surface area contributed by atoms with Crippen molar-refractivity contribution in [1.82, 2.24) is 5.32 Å². The van der Waals surface area contributed by atoms with Crippen LogP contribution in [0.25, 0.3) is 0 Å². The Bertz CT molecular complexity index is 806. The predicted molar refractivity (Wildman–Crippen MR) is 116 cm³/mol. The molecule has 0 amide bonds. The summed E-state index contributed by atoms with van der Waals surface area (Å²) in [6.45, 7) is 5.68. The Morgan fingerprint density at radius 2 is 1.96 bits per heavy atom. The van der Waals surface area contributed by atoms with Crippen LogP contribution in [0.15, 0.2) is 60.3 Å². The van der Waals surface area contributed by atoms with Crippen LogP contribution < -0.4 is 22.3 Å². The van der Waals surface area contributed by atoms with Gasteiger partial charge in [-0.05, 0) is 55.5 Å². The molecular formula is C23H32N4O. The van der Waals surface area contributed by atoms with E-state index in [1.54, 1.807) is 0 Å². The summed E-state index contributed by atoms with van der Waals surface area (Å²) in [7, 11) is 0. The number of rotatable bonds is 7. The first-order valence-electron chi connectivity index (χ1n) is 10.1. The lowest BCUT2D eigenvalue weighted by atomic mass is 9.68. The fourth-order valence-electron chi connectivity index (χ4n) is 4.37. The van der Waals surface area contributed by atoms with Crippen LogP contribution in [0.3, 0.4) is 0 Å². The molecule has 3 rings (SSSR count). The number of para-hydroxylation sites is 1. The number of hydrazine groups is 1. The minimum Gasteiger partial charge on any atom is -0.397 e. The molecule has 150 valence electrons. The molecule has 1 aliphatic rings. The normalized spacial score (nSPS) is 23.5. The zero-order chi connectivity index (χ0) is 20.0. The third-order valence-electron chi connectivity index (χ3n) is 5.71. The van der Waals surface area contributed by atoms with E-state index in [0.717, 1.165) is 37.1 Å². The minimum absolute atomic E-state index is 0.307. The maximum absolute atomic E-state index is 6.51. The van der Waals surface area contributed by atoms with Gasteiger partial charge in [-0.15, -0.1) is 0 Å². The molecule has 0 radical (unpaired) electrons. The summed E-state index contributed by atoms with van der Waals surface area (Å²) in [4.78, 5) is 0. The van der Waals surface area contributed by atoms with Crippen molar-refractivity contribution in [1.29, 1.82) is 0 Å². The Kier molecular flexibility index (Phi) is 6.60. The Balaban J connectivity index is 2.00. The third-order valence-corrected chi connectivity index (χ3v) is 5.71. The van der Waals surface area contributed by atoms with Gasteiger partial charge in [-0.1, -0.05) is 49.4 Å². The van der Waals surface area contributed by atoms with Crippen molar-refractivity contribution < 1.29 is 4.74 Å². The van der Waals surface area contributed by atoms with E-state index in [1.165, 1.54) is 11.1 Å². The summed E-state index contributed by atoms with van der Waals surface area (Å²) < 4.78 is 6.51. The van der Waals surface area contributed by atoms with Crippen LogP contribution in [0.2, 0.25) is 0 Å². The molecule has 1 aliphatic carbocycles. The van der Waals surface area contributed by atoms with Crippen molar-refractivity contribution in [2.75, 3.05) is 17.8 Å². The van der Waals surface area contributed by atoms with E-state index >= 15 is 0 Å². The summed E-state index contributed by atoms with van der Waals surface area (Å²) in [6.07, 6.45) is 5.35. The molecule has 2 atom stereocenters.